The molecular formula is C16H21N5OS. The molecule has 2 aromatic rings. The van der Waals surface area contributed by atoms with Crippen LogP contribution in [0.1, 0.15) is 24.8 Å². The van der Waals surface area contributed by atoms with Crippen molar-refractivity contribution in [1.82, 2.24) is 19.8 Å². The Morgan fingerprint density at radius 3 is 2.57 bits per heavy atom. The molecular weight excluding hydrogens is 310 g/mol. The molecule has 1 aliphatic heterocycles. The molecule has 0 aliphatic carbocycles. The fourth-order valence-corrected chi connectivity index (χ4v) is 3.40. The minimum atomic E-state index is 0.148. The van der Waals surface area contributed by atoms with E-state index in [0.29, 0.717) is 16.7 Å². The summed E-state index contributed by atoms with van der Waals surface area (Å²) < 4.78 is 1.46. The van der Waals surface area contributed by atoms with Gasteiger partial charge in [-0.1, -0.05) is 41.6 Å². The van der Waals surface area contributed by atoms with Gasteiger partial charge in [-0.2, -0.15) is 0 Å². The number of nitrogens with two attached hydrogens (primary N) is 1. The number of thioether (sulfide) groups is 1. The molecule has 7 heteroatoms. The van der Waals surface area contributed by atoms with Crippen molar-refractivity contribution in [3.63, 3.8) is 0 Å². The molecule has 0 bridgehead atoms. The first kappa shape index (κ1) is 15.9. The third-order valence-electron chi connectivity index (χ3n) is 4.01. The number of rotatable bonds is 4. The highest BCUT2D eigenvalue weighted by Gasteiger charge is 2.18. The number of nitrogen functional groups attached to an aromatic ring is 1. The number of carbonyl (C=O) groups excluding carboxylic acids is 1. The number of aromatic nitrogens is 3. The second-order valence-electron chi connectivity index (χ2n) is 5.77. The first-order chi connectivity index (χ1) is 11.1. The van der Waals surface area contributed by atoms with Crippen molar-refractivity contribution < 1.29 is 4.79 Å². The van der Waals surface area contributed by atoms with Gasteiger partial charge in [0.1, 0.15) is 0 Å². The molecule has 122 valence electrons. The van der Waals surface area contributed by atoms with Crippen LogP contribution in [0, 0.1) is 6.92 Å². The summed E-state index contributed by atoms with van der Waals surface area (Å²) in [7, 11) is 0. The Kier molecular flexibility index (Phi) is 4.85. The number of hydrogen-bond donors (Lipinski definition) is 1. The van der Waals surface area contributed by atoms with Gasteiger partial charge in [-0.3, -0.25) is 4.79 Å². The topological polar surface area (TPSA) is 77.0 Å². The minimum absolute atomic E-state index is 0.148. The number of benzene rings is 1. The molecule has 6 nitrogen and oxygen atoms in total. The molecule has 0 spiro atoms. The van der Waals surface area contributed by atoms with Gasteiger partial charge in [0, 0.05) is 18.7 Å². The van der Waals surface area contributed by atoms with Crippen LogP contribution in [0.5, 0.6) is 0 Å². The molecule has 1 fully saturated rings. The van der Waals surface area contributed by atoms with Crippen LogP contribution >= 0.6 is 11.8 Å². The molecule has 0 saturated carbocycles. The van der Waals surface area contributed by atoms with Gasteiger partial charge >= 0.3 is 0 Å². The Morgan fingerprint density at radius 2 is 1.87 bits per heavy atom. The Bertz CT molecular complexity index is 676. The Labute approximate surface area is 140 Å². The van der Waals surface area contributed by atoms with E-state index in [1.807, 2.05) is 36.1 Å². The third kappa shape index (κ3) is 3.67. The predicted molar refractivity (Wildman–Crippen MR) is 91.5 cm³/mol. The van der Waals surface area contributed by atoms with Gasteiger partial charge < -0.3 is 10.7 Å². The standard InChI is InChI=1S/C16H21N5OS/c1-12-5-7-13(8-6-12)15-18-19-16(21(15)17)23-11-14(22)20-9-3-2-4-10-20/h5-8H,2-4,9-11,17H2,1H3. The molecule has 1 saturated heterocycles. The zero-order chi connectivity index (χ0) is 16.2. The number of nitrogens with zero attached hydrogens (tertiary/aromatic N) is 4. The Hall–Kier alpha value is -2.02. The van der Waals surface area contributed by atoms with E-state index >= 15 is 0 Å². The van der Waals surface area contributed by atoms with Gasteiger partial charge in [-0.25, -0.2) is 4.68 Å². The molecule has 3 rings (SSSR count). The molecule has 2 N–H and O–H groups in total. The summed E-state index contributed by atoms with van der Waals surface area (Å²) >= 11 is 1.34. The van der Waals surface area contributed by atoms with Gasteiger partial charge in [0.05, 0.1) is 5.75 Å². The number of amides is 1. The van der Waals surface area contributed by atoms with E-state index in [-0.39, 0.29) is 5.91 Å². The summed E-state index contributed by atoms with van der Waals surface area (Å²) in [5.41, 5.74) is 2.10. The summed E-state index contributed by atoms with van der Waals surface area (Å²) in [5.74, 6) is 7.19. The lowest BCUT2D eigenvalue weighted by Gasteiger charge is -2.26. The van der Waals surface area contributed by atoms with Crippen LogP contribution in [0.25, 0.3) is 11.4 Å². The van der Waals surface area contributed by atoms with E-state index in [0.717, 1.165) is 31.5 Å². The highest BCUT2D eigenvalue weighted by atomic mass is 32.2. The van der Waals surface area contributed by atoms with E-state index < -0.39 is 0 Å². The van der Waals surface area contributed by atoms with E-state index in [2.05, 4.69) is 10.2 Å². The number of carbonyl (C=O) groups is 1. The maximum absolute atomic E-state index is 12.2. The summed E-state index contributed by atoms with van der Waals surface area (Å²) in [6.07, 6.45) is 3.41. The molecule has 1 aromatic carbocycles. The van der Waals surface area contributed by atoms with Crippen LogP contribution in [-0.4, -0.2) is 44.5 Å². The van der Waals surface area contributed by atoms with Crippen LogP contribution in [0.2, 0.25) is 0 Å². The fourth-order valence-electron chi connectivity index (χ4n) is 2.64. The van der Waals surface area contributed by atoms with Crippen LogP contribution in [0.3, 0.4) is 0 Å². The lowest BCUT2D eigenvalue weighted by atomic mass is 10.1. The van der Waals surface area contributed by atoms with Crippen LogP contribution < -0.4 is 5.84 Å². The first-order valence-electron chi connectivity index (χ1n) is 7.83. The molecule has 2 heterocycles. The van der Waals surface area contributed by atoms with E-state index in [1.165, 1.54) is 28.4 Å². The van der Waals surface area contributed by atoms with Crippen LogP contribution in [0.4, 0.5) is 0 Å². The smallest absolute Gasteiger partial charge is 0.233 e. The Balaban J connectivity index is 1.65. The molecule has 0 atom stereocenters. The van der Waals surface area contributed by atoms with Crippen molar-refractivity contribution in [2.24, 2.45) is 0 Å². The lowest BCUT2D eigenvalue weighted by Crippen LogP contribution is -2.36. The molecule has 1 amide bonds. The molecule has 0 radical (unpaired) electrons. The van der Waals surface area contributed by atoms with E-state index in [1.54, 1.807) is 0 Å². The average molecular weight is 331 g/mol. The van der Waals surface area contributed by atoms with Crippen molar-refractivity contribution >= 4 is 17.7 Å². The second-order valence-corrected chi connectivity index (χ2v) is 6.71. The largest absolute Gasteiger partial charge is 0.342 e. The normalized spacial score (nSPS) is 14.9. The molecule has 23 heavy (non-hydrogen) atoms. The number of hydrogen-bond acceptors (Lipinski definition) is 5. The maximum atomic E-state index is 12.2. The van der Waals surface area contributed by atoms with Crippen molar-refractivity contribution in [1.29, 1.82) is 0 Å². The van der Waals surface area contributed by atoms with Crippen molar-refractivity contribution in [2.45, 2.75) is 31.3 Å². The lowest BCUT2D eigenvalue weighted by molar-refractivity contribution is -0.129. The van der Waals surface area contributed by atoms with Crippen LogP contribution in [0.15, 0.2) is 29.4 Å². The molecule has 0 unspecified atom stereocenters. The highest BCUT2D eigenvalue weighted by Crippen LogP contribution is 2.22. The summed E-state index contributed by atoms with van der Waals surface area (Å²) in [4.78, 5) is 14.1. The quantitative estimate of drug-likeness (QED) is 0.685. The van der Waals surface area contributed by atoms with Gasteiger partial charge in [0.2, 0.25) is 11.1 Å². The number of aryl methyl sites for hydroxylation is 1. The number of likely N-dealkylation sites (tertiary alicyclic amines) is 1. The maximum Gasteiger partial charge on any atom is 0.233 e. The van der Waals surface area contributed by atoms with E-state index in [4.69, 9.17) is 5.84 Å². The van der Waals surface area contributed by atoms with Crippen molar-refractivity contribution in [3.05, 3.63) is 29.8 Å². The van der Waals surface area contributed by atoms with Crippen molar-refractivity contribution in [2.75, 3.05) is 24.7 Å². The fraction of sp³-hybridized carbons (Fsp3) is 0.438. The minimum Gasteiger partial charge on any atom is -0.342 e. The van der Waals surface area contributed by atoms with Crippen molar-refractivity contribution in [3.8, 4) is 11.4 Å². The Morgan fingerprint density at radius 1 is 1.17 bits per heavy atom. The monoisotopic (exact) mass is 331 g/mol. The molecule has 1 aromatic heterocycles. The zero-order valence-corrected chi connectivity index (χ0v) is 14.1. The average Bonchev–Trinajstić information content (AvgIpc) is 2.95. The predicted octanol–water partition coefficient (Wildman–Crippen LogP) is 2.07. The third-order valence-corrected chi connectivity index (χ3v) is 4.94. The van der Waals surface area contributed by atoms with Gasteiger partial charge in [0.15, 0.2) is 5.82 Å². The zero-order valence-electron chi connectivity index (χ0n) is 13.2. The summed E-state index contributed by atoms with van der Waals surface area (Å²) in [5, 5.41) is 8.82. The van der Waals surface area contributed by atoms with Crippen LogP contribution in [-0.2, 0) is 4.79 Å². The molecule has 1 aliphatic rings. The highest BCUT2D eigenvalue weighted by molar-refractivity contribution is 7.99. The van der Waals surface area contributed by atoms with E-state index in [9.17, 15) is 4.79 Å². The summed E-state index contributed by atoms with van der Waals surface area (Å²) in [6, 6.07) is 7.96. The SMILES string of the molecule is Cc1ccc(-c2nnc(SCC(=O)N3CCCCC3)n2N)cc1. The summed E-state index contributed by atoms with van der Waals surface area (Å²) in [6.45, 7) is 3.76. The second kappa shape index (κ2) is 7.04. The van der Waals surface area contributed by atoms with Gasteiger partial charge in [0.25, 0.3) is 0 Å². The first-order valence-corrected chi connectivity index (χ1v) is 8.82. The van der Waals surface area contributed by atoms with Gasteiger partial charge in [-0.05, 0) is 26.2 Å². The van der Waals surface area contributed by atoms with Gasteiger partial charge in [-0.15, -0.1) is 10.2 Å². The number of piperidine rings is 1.